The Labute approximate surface area is 235 Å². The summed E-state index contributed by atoms with van der Waals surface area (Å²) >= 11 is 0. The second-order valence-electron chi connectivity index (χ2n) is 10.7. The van der Waals surface area contributed by atoms with Gasteiger partial charge in [0, 0.05) is 49.4 Å². The average Bonchev–Trinajstić information content (AvgIpc) is 3.63. The molecule has 4 rings (SSSR count). The van der Waals surface area contributed by atoms with Gasteiger partial charge in [-0.15, -0.1) is 0 Å². The topological polar surface area (TPSA) is 135 Å². The predicted octanol–water partition coefficient (Wildman–Crippen LogP) is 2.36. The molecule has 0 bridgehead atoms. The van der Waals surface area contributed by atoms with Gasteiger partial charge in [0.15, 0.2) is 11.5 Å². The summed E-state index contributed by atoms with van der Waals surface area (Å²) in [6.07, 6.45) is 6.75. The third-order valence-electron chi connectivity index (χ3n) is 8.22. The number of hydrogen-bond donors (Lipinski definition) is 3. The minimum atomic E-state index is -1.14. The highest BCUT2D eigenvalue weighted by molar-refractivity contribution is 5.96. The Hall–Kier alpha value is -2.95. The van der Waals surface area contributed by atoms with E-state index in [4.69, 9.17) is 14.2 Å². The summed E-state index contributed by atoms with van der Waals surface area (Å²) in [7, 11) is 1.46. The number of rotatable bonds is 14. The number of benzene rings is 1. The van der Waals surface area contributed by atoms with Crippen LogP contribution >= 0.6 is 0 Å². The first-order valence-corrected chi connectivity index (χ1v) is 14.4. The lowest BCUT2D eigenvalue weighted by atomic mass is 9.77. The number of aliphatic hydroxyl groups excluding tert-OH is 2. The first-order chi connectivity index (χ1) is 19.4. The maximum Gasteiger partial charge on any atom is 0.247 e. The highest BCUT2D eigenvalue weighted by atomic mass is 16.5. The summed E-state index contributed by atoms with van der Waals surface area (Å²) in [6.45, 7) is 3.12. The van der Waals surface area contributed by atoms with E-state index in [1.807, 2.05) is 6.92 Å². The van der Waals surface area contributed by atoms with Gasteiger partial charge in [-0.2, -0.15) is 0 Å². The van der Waals surface area contributed by atoms with Crippen molar-refractivity contribution in [3.05, 3.63) is 34.9 Å². The fourth-order valence-electron chi connectivity index (χ4n) is 6.25. The van der Waals surface area contributed by atoms with Gasteiger partial charge in [0.2, 0.25) is 11.8 Å². The Morgan fingerprint density at radius 3 is 2.70 bits per heavy atom. The third kappa shape index (κ3) is 6.50. The van der Waals surface area contributed by atoms with Crippen LogP contribution in [0.3, 0.4) is 0 Å². The molecule has 1 aromatic rings. The first kappa shape index (κ1) is 30.0. The smallest absolute Gasteiger partial charge is 0.247 e. The summed E-state index contributed by atoms with van der Waals surface area (Å²) in [5, 5.41) is 23.7. The van der Waals surface area contributed by atoms with E-state index in [0.717, 1.165) is 19.3 Å². The van der Waals surface area contributed by atoms with Gasteiger partial charge in [-0.05, 0) is 43.9 Å². The van der Waals surface area contributed by atoms with Crippen molar-refractivity contribution in [3.63, 3.8) is 0 Å². The van der Waals surface area contributed by atoms with E-state index in [1.165, 1.54) is 20.0 Å². The second-order valence-corrected chi connectivity index (χ2v) is 10.7. The van der Waals surface area contributed by atoms with Gasteiger partial charge in [-0.1, -0.05) is 25.7 Å². The van der Waals surface area contributed by atoms with E-state index < -0.39 is 30.1 Å². The molecule has 1 saturated carbocycles. The number of aldehydes is 1. The van der Waals surface area contributed by atoms with Gasteiger partial charge in [0.25, 0.3) is 0 Å². The Bertz CT molecular complexity index is 1080. The standard InChI is InChI=1S/C30H42N2O8/c1-3-39-14-6-12-32(25(35)10-9-19-7-4-5-8-19)23-17-22(30(37)31-11-13-33)26-21-15-20(18-34)16-24(38-2)28(21)40-29(26)27(23)36/h15-19,23,26-27,29,33,36H,3-14H2,1-2H3,(H,31,37). The Morgan fingerprint density at radius 1 is 1.25 bits per heavy atom. The highest BCUT2D eigenvalue weighted by Gasteiger charge is 2.51. The molecule has 10 nitrogen and oxygen atoms in total. The zero-order valence-corrected chi connectivity index (χ0v) is 23.5. The molecule has 3 N–H and O–H groups in total. The number of carbonyl (C=O) groups excluding carboxylic acids is 3. The fourth-order valence-corrected chi connectivity index (χ4v) is 6.25. The summed E-state index contributed by atoms with van der Waals surface area (Å²) in [5.41, 5.74) is 1.23. The molecular weight excluding hydrogens is 516 g/mol. The summed E-state index contributed by atoms with van der Waals surface area (Å²) in [4.78, 5) is 40.4. The van der Waals surface area contributed by atoms with Gasteiger partial charge in [-0.25, -0.2) is 0 Å². The van der Waals surface area contributed by atoms with E-state index in [-0.39, 0.29) is 19.1 Å². The Morgan fingerprint density at radius 2 is 2.02 bits per heavy atom. The quantitative estimate of drug-likeness (QED) is 0.234. The minimum absolute atomic E-state index is 0.0462. The molecule has 220 valence electrons. The van der Waals surface area contributed by atoms with E-state index in [2.05, 4.69) is 5.32 Å². The molecule has 1 heterocycles. The average molecular weight is 559 g/mol. The normalized spacial score (nSPS) is 23.6. The molecule has 10 heteroatoms. The molecular formula is C30H42N2O8. The van der Waals surface area contributed by atoms with Crippen LogP contribution < -0.4 is 14.8 Å². The molecule has 1 aliphatic heterocycles. The molecule has 1 aromatic carbocycles. The van der Waals surface area contributed by atoms with Crippen LogP contribution in [0.1, 0.15) is 73.7 Å². The number of nitrogens with one attached hydrogen (secondary N) is 1. The number of carbonyl (C=O) groups is 3. The fraction of sp³-hybridized carbons (Fsp3) is 0.633. The number of amides is 2. The molecule has 0 saturated heterocycles. The number of aliphatic hydroxyl groups is 2. The first-order valence-electron chi connectivity index (χ1n) is 14.4. The van der Waals surface area contributed by atoms with Crippen molar-refractivity contribution in [3.8, 4) is 11.5 Å². The largest absolute Gasteiger partial charge is 0.493 e. The zero-order valence-electron chi connectivity index (χ0n) is 23.5. The van der Waals surface area contributed by atoms with Crippen molar-refractivity contribution in [2.45, 2.75) is 76.0 Å². The van der Waals surface area contributed by atoms with E-state index in [9.17, 15) is 24.6 Å². The molecule has 4 atom stereocenters. The van der Waals surface area contributed by atoms with Gasteiger partial charge in [-0.3, -0.25) is 14.4 Å². The molecule has 0 spiro atoms. The number of methoxy groups -OCH3 is 1. The summed E-state index contributed by atoms with van der Waals surface area (Å²) in [5.74, 6) is 0.0346. The van der Waals surface area contributed by atoms with Crippen LogP contribution in [0.2, 0.25) is 0 Å². The van der Waals surface area contributed by atoms with Crippen molar-refractivity contribution in [1.82, 2.24) is 10.2 Å². The Kier molecular flexibility index (Phi) is 10.6. The third-order valence-corrected chi connectivity index (χ3v) is 8.22. The van der Waals surface area contributed by atoms with Crippen LogP contribution in [0.25, 0.3) is 0 Å². The molecule has 3 aliphatic rings. The van der Waals surface area contributed by atoms with E-state index in [0.29, 0.717) is 73.0 Å². The van der Waals surface area contributed by atoms with E-state index >= 15 is 0 Å². The second kappa shape index (κ2) is 14.1. The van der Waals surface area contributed by atoms with Crippen LogP contribution in [-0.2, 0) is 14.3 Å². The summed E-state index contributed by atoms with van der Waals surface area (Å²) in [6, 6.07) is 2.39. The highest BCUT2D eigenvalue weighted by Crippen LogP contribution is 2.51. The van der Waals surface area contributed by atoms with Crippen LogP contribution in [0.15, 0.2) is 23.8 Å². The maximum absolute atomic E-state index is 13.7. The monoisotopic (exact) mass is 558 g/mol. The molecule has 2 amide bonds. The number of ether oxygens (including phenoxy) is 3. The lowest BCUT2D eigenvalue weighted by Crippen LogP contribution is -2.56. The van der Waals surface area contributed by atoms with Crippen LogP contribution in [0, 0.1) is 5.92 Å². The van der Waals surface area contributed by atoms with Crippen molar-refractivity contribution in [2.75, 3.05) is 40.0 Å². The van der Waals surface area contributed by atoms with Gasteiger partial charge < -0.3 is 34.6 Å². The predicted molar refractivity (Wildman–Crippen MR) is 148 cm³/mol. The van der Waals surface area contributed by atoms with Crippen molar-refractivity contribution in [2.24, 2.45) is 5.92 Å². The summed E-state index contributed by atoms with van der Waals surface area (Å²) < 4.78 is 17.2. The van der Waals surface area contributed by atoms with Crippen LogP contribution in [0.4, 0.5) is 0 Å². The lowest BCUT2D eigenvalue weighted by molar-refractivity contribution is -0.137. The van der Waals surface area contributed by atoms with Gasteiger partial charge in [0.1, 0.15) is 18.5 Å². The molecule has 0 radical (unpaired) electrons. The maximum atomic E-state index is 13.7. The molecule has 1 fully saturated rings. The lowest BCUT2D eigenvalue weighted by Gasteiger charge is -2.41. The van der Waals surface area contributed by atoms with Crippen molar-refractivity contribution < 1.29 is 38.8 Å². The van der Waals surface area contributed by atoms with Crippen molar-refractivity contribution >= 4 is 18.1 Å². The number of nitrogens with zero attached hydrogens (tertiary/aromatic N) is 1. The zero-order chi connectivity index (χ0) is 28.6. The van der Waals surface area contributed by atoms with E-state index in [1.54, 1.807) is 23.1 Å². The SMILES string of the molecule is CCOCCCN(C(=O)CCC1CCCC1)C1C=C(C(=O)NCCO)C2c3cc(C=O)cc(OC)c3OC2C1O. The van der Waals surface area contributed by atoms with Crippen LogP contribution in [0.5, 0.6) is 11.5 Å². The molecule has 4 unspecified atom stereocenters. The van der Waals surface area contributed by atoms with Crippen molar-refractivity contribution in [1.29, 1.82) is 0 Å². The number of hydrogen-bond acceptors (Lipinski definition) is 8. The van der Waals surface area contributed by atoms with Gasteiger partial charge >= 0.3 is 0 Å². The molecule has 40 heavy (non-hydrogen) atoms. The van der Waals surface area contributed by atoms with Gasteiger partial charge in [0.05, 0.1) is 25.7 Å². The molecule has 2 aliphatic carbocycles. The Balaban J connectivity index is 1.69. The van der Waals surface area contributed by atoms with Crippen LogP contribution in [-0.4, -0.2) is 91.5 Å². The minimum Gasteiger partial charge on any atom is -0.493 e. The molecule has 0 aromatic heterocycles. The number of fused-ring (bicyclic) bond motifs is 3.